The van der Waals surface area contributed by atoms with Crippen molar-refractivity contribution in [1.29, 1.82) is 0 Å². The zero-order chi connectivity index (χ0) is 22.3. The lowest BCUT2D eigenvalue weighted by atomic mass is 10.1. The molecule has 2 aliphatic rings. The number of anilines is 3. The lowest BCUT2D eigenvalue weighted by Gasteiger charge is -2.28. The highest BCUT2D eigenvalue weighted by Crippen LogP contribution is 2.25. The number of likely N-dealkylation sites (tertiary alicyclic amines) is 1. The van der Waals surface area contributed by atoms with Crippen molar-refractivity contribution in [3.63, 3.8) is 0 Å². The Kier molecular flexibility index (Phi) is 7.80. The van der Waals surface area contributed by atoms with Gasteiger partial charge < -0.3 is 25.2 Å². The average molecular weight is 507 g/mol. The highest BCUT2D eigenvalue weighted by Gasteiger charge is 2.19. The van der Waals surface area contributed by atoms with Crippen molar-refractivity contribution >= 4 is 39.5 Å². The van der Waals surface area contributed by atoms with E-state index in [0.29, 0.717) is 37.5 Å². The predicted molar refractivity (Wildman–Crippen MR) is 126 cm³/mol. The number of carbonyl (C=O) groups excluding carboxylic acids is 1. The smallest absolute Gasteiger partial charge is 0.409 e. The summed E-state index contributed by atoms with van der Waals surface area (Å²) < 4.78 is 8.02. The van der Waals surface area contributed by atoms with E-state index >= 15 is 0 Å². The van der Waals surface area contributed by atoms with Gasteiger partial charge in [-0.1, -0.05) is 0 Å². The Balaban J connectivity index is 1.28. The fraction of sp³-hybridized carbons (Fsp3) is 0.619. The second-order valence-corrected chi connectivity index (χ2v) is 9.20. The van der Waals surface area contributed by atoms with Gasteiger partial charge in [-0.15, -0.1) is 0 Å². The van der Waals surface area contributed by atoms with Crippen LogP contribution in [0.4, 0.5) is 22.2 Å². The minimum absolute atomic E-state index is 0.210. The minimum Gasteiger partial charge on any atom is -0.449 e. The number of cyclic esters (lactones) is 1. The topological polar surface area (TPSA) is 100 Å². The molecule has 0 atom stereocenters. The van der Waals surface area contributed by atoms with E-state index < -0.39 is 0 Å². The van der Waals surface area contributed by atoms with Crippen LogP contribution in [0.1, 0.15) is 38.1 Å². The number of hydrogen-bond donors (Lipinski definition) is 2. The number of aromatic nitrogens is 4. The molecule has 174 valence electrons. The van der Waals surface area contributed by atoms with Gasteiger partial charge in [-0.05, 0) is 68.2 Å². The van der Waals surface area contributed by atoms with Gasteiger partial charge >= 0.3 is 6.09 Å². The number of piperidine rings is 1. The summed E-state index contributed by atoms with van der Waals surface area (Å²) in [7, 11) is 2.16. The molecule has 2 saturated heterocycles. The van der Waals surface area contributed by atoms with E-state index in [0.717, 1.165) is 61.9 Å². The monoisotopic (exact) mass is 506 g/mol. The third-order valence-corrected chi connectivity index (χ3v) is 6.45. The summed E-state index contributed by atoms with van der Waals surface area (Å²) in [6.07, 6.45) is 10.3. The molecule has 0 unspecified atom stereocenters. The van der Waals surface area contributed by atoms with Crippen molar-refractivity contribution < 1.29 is 9.53 Å². The molecule has 2 aromatic heterocycles. The Morgan fingerprint density at radius 1 is 1.22 bits per heavy atom. The molecule has 10 nitrogen and oxygen atoms in total. The second kappa shape index (κ2) is 11.0. The Morgan fingerprint density at radius 3 is 2.91 bits per heavy atom. The van der Waals surface area contributed by atoms with E-state index in [1.54, 1.807) is 11.1 Å². The van der Waals surface area contributed by atoms with Crippen LogP contribution in [0.3, 0.4) is 0 Å². The molecule has 0 aliphatic carbocycles. The highest BCUT2D eigenvalue weighted by molar-refractivity contribution is 9.10. The largest absolute Gasteiger partial charge is 0.449 e. The summed E-state index contributed by atoms with van der Waals surface area (Å²) in [6.45, 7) is 4.82. The Bertz CT molecular complexity index is 900. The van der Waals surface area contributed by atoms with Crippen molar-refractivity contribution in [3.05, 3.63) is 23.1 Å². The molecule has 2 fully saturated rings. The number of amides is 1. The molecule has 0 aromatic carbocycles. The average Bonchev–Trinajstić information content (AvgIpc) is 3.15. The Morgan fingerprint density at radius 2 is 2.06 bits per heavy atom. The van der Waals surface area contributed by atoms with Crippen molar-refractivity contribution in [2.45, 2.75) is 38.1 Å². The Hall–Kier alpha value is -2.40. The first-order valence-corrected chi connectivity index (χ1v) is 12.1. The molecule has 2 N–H and O–H groups in total. The molecule has 2 aromatic rings. The molecular weight excluding hydrogens is 476 g/mol. The van der Waals surface area contributed by atoms with Gasteiger partial charge in [0.1, 0.15) is 5.82 Å². The summed E-state index contributed by atoms with van der Waals surface area (Å²) in [4.78, 5) is 25.0. The van der Waals surface area contributed by atoms with Crippen LogP contribution >= 0.6 is 15.9 Å². The van der Waals surface area contributed by atoms with Crippen molar-refractivity contribution in [1.82, 2.24) is 29.5 Å². The van der Waals surface area contributed by atoms with Crippen LogP contribution in [-0.4, -0.2) is 82.0 Å². The minimum atomic E-state index is -0.210. The molecule has 4 rings (SSSR count). The standard InChI is InChI=1S/C21H31BrN8O2/c1-28-10-5-17(6-11-28)30-15-16(13-25-30)26-20-24-14-18(22)19(27-20)23-7-4-9-29-8-2-3-12-32-21(29)31/h13-15,17H,2-12H2,1H3,(H2,23,24,26,27). The third-order valence-electron chi connectivity index (χ3n) is 5.87. The molecule has 4 heterocycles. The maximum absolute atomic E-state index is 11.9. The molecule has 11 heteroatoms. The van der Waals surface area contributed by atoms with Gasteiger partial charge in [0.2, 0.25) is 5.95 Å². The second-order valence-electron chi connectivity index (χ2n) is 8.35. The van der Waals surface area contributed by atoms with Crippen LogP contribution < -0.4 is 10.6 Å². The first kappa shape index (κ1) is 22.8. The van der Waals surface area contributed by atoms with Gasteiger partial charge in [0.25, 0.3) is 0 Å². The Labute approximate surface area is 196 Å². The quantitative estimate of drug-likeness (QED) is 0.524. The van der Waals surface area contributed by atoms with E-state index in [1.807, 2.05) is 17.1 Å². The molecule has 0 spiro atoms. The number of halogens is 1. The van der Waals surface area contributed by atoms with E-state index in [9.17, 15) is 4.79 Å². The molecule has 32 heavy (non-hydrogen) atoms. The van der Waals surface area contributed by atoms with Crippen molar-refractivity contribution in [2.24, 2.45) is 0 Å². The fourth-order valence-electron chi connectivity index (χ4n) is 3.97. The maximum Gasteiger partial charge on any atom is 0.409 e. The van der Waals surface area contributed by atoms with E-state index in [1.165, 1.54) is 0 Å². The number of ether oxygens (including phenoxy) is 1. The molecule has 2 aliphatic heterocycles. The van der Waals surface area contributed by atoms with Crippen LogP contribution in [0.25, 0.3) is 0 Å². The molecule has 0 saturated carbocycles. The van der Waals surface area contributed by atoms with Crippen LogP contribution in [0.15, 0.2) is 23.1 Å². The van der Waals surface area contributed by atoms with E-state index in [-0.39, 0.29) is 6.09 Å². The van der Waals surface area contributed by atoms with Crippen molar-refractivity contribution in [3.8, 4) is 0 Å². The van der Waals surface area contributed by atoms with Crippen LogP contribution in [0.2, 0.25) is 0 Å². The number of rotatable bonds is 8. The summed E-state index contributed by atoms with van der Waals surface area (Å²) in [5, 5.41) is 11.1. The summed E-state index contributed by atoms with van der Waals surface area (Å²) >= 11 is 3.51. The van der Waals surface area contributed by atoms with Gasteiger partial charge in [0, 0.05) is 32.0 Å². The molecule has 0 bridgehead atoms. The summed E-state index contributed by atoms with van der Waals surface area (Å²) in [5.74, 6) is 1.22. The van der Waals surface area contributed by atoms with Gasteiger partial charge in [-0.25, -0.2) is 9.78 Å². The zero-order valence-corrected chi connectivity index (χ0v) is 20.1. The number of hydrogen-bond acceptors (Lipinski definition) is 8. The first-order chi connectivity index (χ1) is 15.6. The molecular formula is C21H31BrN8O2. The maximum atomic E-state index is 11.9. The van der Waals surface area contributed by atoms with Gasteiger partial charge in [-0.3, -0.25) is 4.68 Å². The first-order valence-electron chi connectivity index (χ1n) is 11.3. The van der Waals surface area contributed by atoms with Crippen LogP contribution in [0, 0.1) is 0 Å². The molecule has 0 radical (unpaired) electrons. The van der Waals surface area contributed by atoms with Crippen molar-refractivity contribution in [2.75, 3.05) is 57.0 Å². The number of nitrogens with one attached hydrogen (secondary N) is 2. The van der Waals surface area contributed by atoms with Gasteiger partial charge in [0.15, 0.2) is 0 Å². The lowest BCUT2D eigenvalue weighted by molar-refractivity contribution is 0.116. The zero-order valence-electron chi connectivity index (χ0n) is 18.5. The normalized spacial score (nSPS) is 18.3. The molecule has 1 amide bonds. The summed E-state index contributed by atoms with van der Waals surface area (Å²) in [5.41, 5.74) is 0.872. The van der Waals surface area contributed by atoms with Gasteiger partial charge in [0.05, 0.1) is 29.0 Å². The summed E-state index contributed by atoms with van der Waals surface area (Å²) in [6, 6.07) is 0.436. The lowest BCUT2D eigenvalue weighted by Crippen LogP contribution is -2.32. The van der Waals surface area contributed by atoms with E-state index in [2.05, 4.69) is 53.6 Å². The number of carbonyl (C=O) groups is 1. The third kappa shape index (κ3) is 6.10. The van der Waals surface area contributed by atoms with Crippen LogP contribution in [0.5, 0.6) is 0 Å². The van der Waals surface area contributed by atoms with Crippen LogP contribution in [-0.2, 0) is 4.74 Å². The number of nitrogens with zero attached hydrogens (tertiary/aromatic N) is 6. The highest BCUT2D eigenvalue weighted by atomic mass is 79.9. The van der Waals surface area contributed by atoms with E-state index in [4.69, 9.17) is 4.74 Å². The fourth-order valence-corrected chi connectivity index (χ4v) is 4.30. The predicted octanol–water partition coefficient (Wildman–Crippen LogP) is 3.48. The van der Waals surface area contributed by atoms with Gasteiger partial charge in [-0.2, -0.15) is 10.1 Å². The SMILES string of the molecule is CN1CCC(n2cc(Nc3ncc(Br)c(NCCCN4CCCCOC4=O)n3)cn2)CC1.